The number of anilines is 1. The van der Waals surface area contributed by atoms with Crippen LogP contribution in [-0.2, 0) is 21.4 Å². The minimum atomic E-state index is -3.64. The zero-order chi connectivity index (χ0) is 18.4. The van der Waals surface area contributed by atoms with Crippen molar-refractivity contribution in [2.45, 2.75) is 6.54 Å². The van der Waals surface area contributed by atoms with Crippen molar-refractivity contribution < 1.29 is 22.3 Å². The van der Waals surface area contributed by atoms with Crippen LogP contribution in [0.2, 0.25) is 0 Å². The molecule has 0 saturated carbocycles. The van der Waals surface area contributed by atoms with Crippen LogP contribution < -0.4 is 10.1 Å². The van der Waals surface area contributed by atoms with Crippen LogP contribution in [0, 0.1) is 5.82 Å². The summed E-state index contributed by atoms with van der Waals surface area (Å²) in [7, 11) is -2.15. The topological polar surface area (TPSA) is 75.7 Å². The van der Waals surface area contributed by atoms with E-state index in [9.17, 15) is 17.6 Å². The third-order valence-electron chi connectivity index (χ3n) is 3.44. The molecule has 1 N–H and O–H groups in total. The molecule has 0 bridgehead atoms. The number of carbonyl (C=O) groups is 1. The van der Waals surface area contributed by atoms with E-state index in [-0.39, 0.29) is 12.2 Å². The van der Waals surface area contributed by atoms with Gasteiger partial charge in [0.15, 0.2) is 0 Å². The summed E-state index contributed by atoms with van der Waals surface area (Å²) >= 11 is 0. The van der Waals surface area contributed by atoms with Crippen molar-refractivity contribution in [1.29, 1.82) is 0 Å². The highest BCUT2D eigenvalue weighted by atomic mass is 32.2. The predicted octanol–water partition coefficient (Wildman–Crippen LogP) is 2.23. The van der Waals surface area contributed by atoms with Gasteiger partial charge in [-0.25, -0.2) is 12.8 Å². The Morgan fingerprint density at radius 3 is 2.56 bits per heavy atom. The molecule has 0 aromatic heterocycles. The number of sulfonamides is 1. The number of methoxy groups -OCH3 is 1. The molecule has 0 saturated heterocycles. The van der Waals surface area contributed by atoms with Crippen LogP contribution in [0.3, 0.4) is 0 Å². The first-order valence-corrected chi connectivity index (χ1v) is 9.27. The normalized spacial score (nSPS) is 11.4. The van der Waals surface area contributed by atoms with Crippen molar-refractivity contribution >= 4 is 21.6 Å². The number of rotatable bonds is 7. The molecule has 0 aliphatic rings. The van der Waals surface area contributed by atoms with Crippen LogP contribution in [0.4, 0.5) is 10.1 Å². The van der Waals surface area contributed by atoms with E-state index in [1.807, 2.05) is 0 Å². The Hall–Kier alpha value is -2.45. The van der Waals surface area contributed by atoms with Gasteiger partial charge in [-0.05, 0) is 24.3 Å². The van der Waals surface area contributed by atoms with Crippen LogP contribution >= 0.6 is 0 Å². The second-order valence-corrected chi connectivity index (χ2v) is 7.38. The molecule has 6 nitrogen and oxygen atoms in total. The number of nitrogens with zero attached hydrogens (tertiary/aromatic N) is 1. The van der Waals surface area contributed by atoms with Crippen molar-refractivity contribution in [2.24, 2.45) is 0 Å². The molecule has 0 spiro atoms. The molecule has 2 aromatic rings. The molecule has 0 atom stereocenters. The molecule has 0 radical (unpaired) electrons. The van der Waals surface area contributed by atoms with Crippen molar-refractivity contribution in [3.8, 4) is 5.75 Å². The van der Waals surface area contributed by atoms with E-state index in [1.54, 1.807) is 24.3 Å². The van der Waals surface area contributed by atoms with Gasteiger partial charge in [-0.1, -0.05) is 24.3 Å². The van der Waals surface area contributed by atoms with E-state index in [1.165, 1.54) is 25.3 Å². The van der Waals surface area contributed by atoms with Gasteiger partial charge in [0.2, 0.25) is 15.9 Å². The third kappa shape index (κ3) is 5.54. The van der Waals surface area contributed by atoms with E-state index in [2.05, 4.69) is 5.32 Å². The maximum absolute atomic E-state index is 13.2. The second-order valence-electron chi connectivity index (χ2n) is 5.40. The Morgan fingerprint density at radius 1 is 1.20 bits per heavy atom. The van der Waals surface area contributed by atoms with Crippen molar-refractivity contribution in [3.63, 3.8) is 0 Å². The monoisotopic (exact) mass is 366 g/mol. The zero-order valence-electron chi connectivity index (χ0n) is 13.9. The maximum Gasteiger partial charge on any atom is 0.239 e. The van der Waals surface area contributed by atoms with Crippen LogP contribution in [-0.4, -0.2) is 38.5 Å². The number of carbonyl (C=O) groups excluding carboxylic acids is 1. The van der Waals surface area contributed by atoms with E-state index in [4.69, 9.17) is 4.74 Å². The summed E-state index contributed by atoms with van der Waals surface area (Å²) < 4.78 is 43.5. The lowest BCUT2D eigenvalue weighted by molar-refractivity contribution is -0.116. The van der Waals surface area contributed by atoms with Gasteiger partial charge in [0.1, 0.15) is 11.6 Å². The summed E-state index contributed by atoms with van der Waals surface area (Å²) in [6.45, 7) is -0.410. The van der Waals surface area contributed by atoms with E-state index < -0.39 is 28.3 Å². The Balaban J connectivity index is 2.14. The summed E-state index contributed by atoms with van der Waals surface area (Å²) in [6, 6.07) is 12.3. The van der Waals surface area contributed by atoms with Gasteiger partial charge in [0.25, 0.3) is 0 Å². The number of ether oxygens (including phenoxy) is 1. The van der Waals surface area contributed by atoms with Crippen LogP contribution in [0.25, 0.3) is 0 Å². The van der Waals surface area contributed by atoms with Gasteiger partial charge in [-0.15, -0.1) is 0 Å². The molecule has 0 fully saturated rings. The molecule has 25 heavy (non-hydrogen) atoms. The third-order valence-corrected chi connectivity index (χ3v) is 4.63. The fourth-order valence-electron chi connectivity index (χ4n) is 2.24. The molecule has 1 amide bonds. The zero-order valence-corrected chi connectivity index (χ0v) is 14.7. The number of para-hydroxylation sites is 1. The van der Waals surface area contributed by atoms with Gasteiger partial charge in [-0.2, -0.15) is 4.31 Å². The fourth-order valence-corrected chi connectivity index (χ4v) is 2.97. The lowest BCUT2D eigenvalue weighted by atomic mass is 10.2. The Morgan fingerprint density at radius 2 is 1.92 bits per heavy atom. The maximum atomic E-state index is 13.2. The quantitative estimate of drug-likeness (QED) is 0.815. The molecular formula is C17H19FN2O4S. The summed E-state index contributed by atoms with van der Waals surface area (Å²) in [6.07, 6.45) is 1.03. The highest BCUT2D eigenvalue weighted by Gasteiger charge is 2.22. The standard InChI is InChI=1S/C17H19FN2O4S/c1-24-16-9-4-3-6-13(16)11-20(25(2,22)23)12-17(21)19-15-8-5-7-14(18)10-15/h3-10H,11-12H2,1-2H3,(H,19,21). The van der Waals surface area contributed by atoms with Crippen LogP contribution in [0.5, 0.6) is 5.75 Å². The first-order valence-electron chi connectivity index (χ1n) is 7.42. The largest absolute Gasteiger partial charge is 0.496 e. The lowest BCUT2D eigenvalue weighted by Crippen LogP contribution is -2.37. The number of amides is 1. The first-order chi connectivity index (χ1) is 11.8. The summed E-state index contributed by atoms with van der Waals surface area (Å²) in [5, 5.41) is 2.48. The fraction of sp³-hybridized carbons (Fsp3) is 0.235. The number of benzene rings is 2. The minimum absolute atomic E-state index is 0.0145. The van der Waals surface area contributed by atoms with E-state index >= 15 is 0 Å². The number of hydrogen-bond acceptors (Lipinski definition) is 4. The predicted molar refractivity (Wildman–Crippen MR) is 93.3 cm³/mol. The van der Waals surface area contributed by atoms with Crippen molar-refractivity contribution in [2.75, 3.05) is 25.2 Å². The first kappa shape index (κ1) is 18.9. The Labute approximate surface area is 146 Å². The highest BCUT2D eigenvalue weighted by molar-refractivity contribution is 7.88. The summed E-state index contributed by atoms with van der Waals surface area (Å²) in [5.41, 5.74) is 0.893. The second kappa shape index (κ2) is 8.09. The molecule has 8 heteroatoms. The smallest absolute Gasteiger partial charge is 0.239 e. The van der Waals surface area contributed by atoms with Gasteiger partial charge in [0.05, 0.1) is 19.9 Å². The lowest BCUT2D eigenvalue weighted by Gasteiger charge is -2.20. The van der Waals surface area contributed by atoms with Gasteiger partial charge >= 0.3 is 0 Å². The van der Waals surface area contributed by atoms with Crippen LogP contribution in [0.15, 0.2) is 48.5 Å². The van der Waals surface area contributed by atoms with Gasteiger partial charge in [-0.3, -0.25) is 4.79 Å². The molecule has 2 rings (SSSR count). The molecule has 2 aromatic carbocycles. The SMILES string of the molecule is COc1ccccc1CN(CC(=O)Nc1cccc(F)c1)S(C)(=O)=O. The van der Waals surface area contributed by atoms with E-state index in [0.717, 1.165) is 16.6 Å². The average molecular weight is 366 g/mol. The molecule has 0 aliphatic heterocycles. The molecular weight excluding hydrogens is 347 g/mol. The minimum Gasteiger partial charge on any atom is -0.496 e. The Bertz CT molecular complexity index is 855. The number of halogens is 1. The average Bonchev–Trinajstić information content (AvgIpc) is 2.53. The van der Waals surface area contributed by atoms with Crippen molar-refractivity contribution in [1.82, 2.24) is 4.31 Å². The van der Waals surface area contributed by atoms with Crippen molar-refractivity contribution in [3.05, 3.63) is 59.9 Å². The Kier molecular flexibility index (Phi) is 6.11. The van der Waals surface area contributed by atoms with E-state index in [0.29, 0.717) is 11.3 Å². The summed E-state index contributed by atoms with van der Waals surface area (Å²) in [5.74, 6) is -0.528. The summed E-state index contributed by atoms with van der Waals surface area (Å²) in [4.78, 5) is 12.2. The molecule has 134 valence electrons. The highest BCUT2D eigenvalue weighted by Crippen LogP contribution is 2.20. The van der Waals surface area contributed by atoms with Gasteiger partial charge in [0, 0.05) is 17.8 Å². The number of nitrogens with one attached hydrogen (secondary N) is 1. The number of hydrogen-bond donors (Lipinski definition) is 1. The molecule has 0 unspecified atom stereocenters. The molecule has 0 aliphatic carbocycles. The van der Waals surface area contributed by atoms with Crippen LogP contribution in [0.1, 0.15) is 5.56 Å². The molecule has 0 heterocycles. The van der Waals surface area contributed by atoms with Gasteiger partial charge < -0.3 is 10.1 Å².